The molecule has 0 spiro atoms. The van der Waals surface area contributed by atoms with Crippen molar-refractivity contribution in [2.24, 2.45) is 0 Å². The molecule has 0 aromatic heterocycles. The molecule has 0 aliphatic carbocycles. The van der Waals surface area contributed by atoms with Crippen LogP contribution in [0.15, 0.2) is 0 Å². The summed E-state index contributed by atoms with van der Waals surface area (Å²) in [5.74, 6) is 0.419. The molecule has 0 unspecified atom stereocenters. The zero-order valence-corrected chi connectivity index (χ0v) is 8.76. The average Bonchev–Trinajstić information content (AvgIpc) is 2.14. The van der Waals surface area contributed by atoms with Gasteiger partial charge in [0.05, 0.1) is 0 Å². The Balaban J connectivity index is 2.42. The van der Waals surface area contributed by atoms with Gasteiger partial charge in [-0.15, -0.1) is 0 Å². The molecule has 43 valence electrons. The Morgan fingerprint density at radius 2 is 2.50 bits per heavy atom. The van der Waals surface area contributed by atoms with Gasteiger partial charge in [0.15, 0.2) is 0 Å². The topological polar surface area (TPSA) is 20.3 Å². The second-order valence-electron chi connectivity index (χ2n) is 1.95. The summed E-state index contributed by atoms with van der Waals surface area (Å²) >= 11 is -0.704. The van der Waals surface area contributed by atoms with Crippen molar-refractivity contribution < 1.29 is 42.3 Å². The Morgan fingerprint density at radius 3 is 2.75 bits per heavy atom. The fraction of sp³-hybridized carbons (Fsp3) is 0.800. The van der Waals surface area contributed by atoms with Gasteiger partial charge in [-0.2, -0.15) is 0 Å². The molecule has 0 atom stereocenters. The minimum atomic E-state index is -0.704. The summed E-state index contributed by atoms with van der Waals surface area (Å²) in [6.45, 7) is 1.07. The number of nitrogens with zero attached hydrogens (tertiary/aromatic N) is 1. The van der Waals surface area contributed by atoms with Crippen molar-refractivity contribution in [1.82, 2.24) is 0.923 Å². The summed E-state index contributed by atoms with van der Waals surface area (Å²) in [5, 5.41) is 0. The summed E-state index contributed by atoms with van der Waals surface area (Å²) in [5.41, 5.74) is 0. The molecule has 1 saturated heterocycles. The van der Waals surface area contributed by atoms with Gasteiger partial charge >= 0.3 is 71.0 Å². The summed E-state index contributed by atoms with van der Waals surface area (Å²) < 4.78 is 4.32. The fourth-order valence-electron chi connectivity index (χ4n) is 0.942. The Hall–Kier alpha value is 0.834. The Bertz CT molecular complexity index is 105. The molecule has 0 aromatic carbocycles. The molecular formula is C5H9NOPr. The molecule has 1 amide bonds. The summed E-state index contributed by atoms with van der Waals surface area (Å²) in [7, 11) is 0. The van der Waals surface area contributed by atoms with Gasteiger partial charge in [0.2, 0.25) is 0 Å². The quantitative estimate of drug-likeness (QED) is 0.659. The molecule has 0 radical (unpaired) electrons. The zero-order chi connectivity index (χ0) is 5.98. The van der Waals surface area contributed by atoms with Gasteiger partial charge in [-0.25, -0.2) is 0 Å². The van der Waals surface area contributed by atoms with Crippen molar-refractivity contribution in [3.8, 4) is 0 Å². The van der Waals surface area contributed by atoms with E-state index in [0.29, 0.717) is 5.91 Å². The van der Waals surface area contributed by atoms with Crippen LogP contribution in [0.25, 0.3) is 0 Å². The van der Waals surface area contributed by atoms with Crippen LogP contribution in [0.1, 0.15) is 12.8 Å². The molecule has 0 bridgehead atoms. The number of carbonyl (C=O) groups excluding carboxylic acids is 1. The molecule has 1 rings (SSSR count). The Kier molecular flexibility index (Phi) is 2.71. The number of rotatable bonds is 1. The van der Waals surface area contributed by atoms with Crippen molar-refractivity contribution in [3.05, 3.63) is 0 Å². The average molecular weight is 240 g/mol. The summed E-state index contributed by atoms with van der Waals surface area (Å²) in [4.78, 5) is 10.8. The molecule has 8 heavy (non-hydrogen) atoms. The second-order valence-corrected chi connectivity index (χ2v) is 5.61. The second kappa shape index (κ2) is 3.12. The summed E-state index contributed by atoms with van der Waals surface area (Å²) in [6.07, 6.45) is 1.94. The molecular weight excluding hydrogens is 231 g/mol. The summed E-state index contributed by atoms with van der Waals surface area (Å²) in [6, 6.07) is 0. The van der Waals surface area contributed by atoms with Crippen molar-refractivity contribution in [2.75, 3.05) is 6.54 Å². The van der Waals surface area contributed by atoms with E-state index in [1.807, 2.05) is 0 Å². The van der Waals surface area contributed by atoms with E-state index >= 15 is 0 Å². The van der Waals surface area contributed by atoms with Crippen LogP contribution >= 0.6 is 0 Å². The van der Waals surface area contributed by atoms with Crippen LogP contribution in [-0.2, 0) is 4.79 Å². The molecule has 1 aliphatic heterocycles. The van der Waals surface area contributed by atoms with E-state index in [4.69, 9.17) is 0 Å². The molecule has 1 fully saturated rings. The molecule has 0 N–H and O–H groups in total. The van der Waals surface area contributed by atoms with E-state index in [9.17, 15) is 4.79 Å². The van der Waals surface area contributed by atoms with Crippen LogP contribution in [0.4, 0.5) is 0 Å². The van der Waals surface area contributed by atoms with Gasteiger partial charge in [-0.1, -0.05) is 0 Å². The van der Waals surface area contributed by atoms with Gasteiger partial charge < -0.3 is 0 Å². The fourth-order valence-corrected chi connectivity index (χ4v) is 3.69. The van der Waals surface area contributed by atoms with Crippen molar-refractivity contribution in [1.29, 1.82) is 0 Å². The molecule has 2 nitrogen and oxygen atoms in total. The molecule has 3 heteroatoms. The third-order valence-corrected chi connectivity index (χ3v) is 5.17. The first-order valence-corrected chi connectivity index (χ1v) is 8.29. The Morgan fingerprint density at radius 1 is 1.75 bits per heavy atom. The van der Waals surface area contributed by atoms with E-state index < -0.39 is 37.5 Å². The molecule has 1 aliphatic rings. The standard InChI is InChI=1S/C4H7NO.CH3.Pr/c6-4-2-1-3-5-4;;/h1-3H2,(H,5,6);1H3;/q;;+1/p-1. The third kappa shape index (κ3) is 1.41. The van der Waals surface area contributed by atoms with Gasteiger partial charge in [-0.05, 0) is 0 Å². The number of hydrogen-bond donors (Lipinski definition) is 0. The van der Waals surface area contributed by atoms with Crippen molar-refractivity contribution in [2.45, 2.75) is 15.3 Å². The molecule has 0 saturated carbocycles. The number of hydrogen-bond acceptors (Lipinski definition) is 1. The van der Waals surface area contributed by atoms with Gasteiger partial charge in [-0.3, -0.25) is 0 Å². The maximum absolute atomic E-state index is 10.8. The van der Waals surface area contributed by atoms with Crippen LogP contribution in [0.3, 0.4) is 0 Å². The first-order chi connectivity index (χ1) is 3.84. The van der Waals surface area contributed by atoms with Crippen molar-refractivity contribution in [3.63, 3.8) is 0 Å². The normalized spacial score (nSPS) is 19.1. The maximum atomic E-state index is 10.8. The van der Waals surface area contributed by atoms with Crippen molar-refractivity contribution >= 4 is 5.91 Å². The minimum absolute atomic E-state index is 0.419. The van der Waals surface area contributed by atoms with Crippen LogP contribution in [0.2, 0.25) is 2.51 Å². The van der Waals surface area contributed by atoms with E-state index in [1.165, 1.54) is 0 Å². The molecule has 1 heterocycles. The van der Waals surface area contributed by atoms with E-state index in [-0.39, 0.29) is 0 Å². The van der Waals surface area contributed by atoms with Crippen LogP contribution in [0, 0.1) is 37.5 Å². The van der Waals surface area contributed by atoms with Crippen LogP contribution in [-0.4, -0.2) is 13.4 Å². The monoisotopic (exact) mass is 240 g/mol. The SMILES string of the molecule is [CH3][Pr][N]1CCCC1=O. The Labute approximate surface area is 70.3 Å². The first kappa shape index (κ1) is 6.95. The molecule has 0 aromatic rings. The first-order valence-electron chi connectivity index (χ1n) is 2.93. The van der Waals surface area contributed by atoms with Gasteiger partial charge in [0.1, 0.15) is 0 Å². The van der Waals surface area contributed by atoms with E-state index in [0.717, 1.165) is 19.4 Å². The zero-order valence-electron chi connectivity index (χ0n) is 5.05. The van der Waals surface area contributed by atoms with Gasteiger partial charge in [0, 0.05) is 0 Å². The van der Waals surface area contributed by atoms with Crippen LogP contribution in [0.5, 0.6) is 0 Å². The number of carbonyl (C=O) groups is 1. The van der Waals surface area contributed by atoms with E-state index in [1.54, 1.807) is 0 Å². The third-order valence-electron chi connectivity index (χ3n) is 1.42. The van der Waals surface area contributed by atoms with Gasteiger partial charge in [0.25, 0.3) is 0 Å². The van der Waals surface area contributed by atoms with E-state index in [2.05, 4.69) is 3.43 Å². The predicted octanol–water partition coefficient (Wildman–Crippen LogP) is 0.657. The number of amides is 1. The predicted molar refractivity (Wildman–Crippen MR) is 26.8 cm³/mol. The van der Waals surface area contributed by atoms with Crippen LogP contribution < -0.4 is 0 Å².